The van der Waals surface area contributed by atoms with Crippen LogP contribution in [0, 0.1) is 5.92 Å². The quantitative estimate of drug-likeness (QED) is 0.780. The van der Waals surface area contributed by atoms with Crippen LogP contribution in [-0.2, 0) is 9.59 Å². The fraction of sp³-hybridized carbons (Fsp3) is 0.652. The van der Waals surface area contributed by atoms with Gasteiger partial charge in [-0.25, -0.2) is 0 Å². The van der Waals surface area contributed by atoms with Gasteiger partial charge < -0.3 is 10.2 Å². The van der Waals surface area contributed by atoms with E-state index in [4.69, 9.17) is 0 Å². The number of rotatable bonds is 7. The predicted molar refractivity (Wildman–Crippen MR) is 108 cm³/mol. The van der Waals surface area contributed by atoms with Crippen LogP contribution in [0.3, 0.4) is 0 Å². The van der Waals surface area contributed by atoms with Gasteiger partial charge in [-0.15, -0.1) is 0 Å². The highest BCUT2D eigenvalue weighted by Crippen LogP contribution is 2.35. The molecule has 3 rings (SSSR count). The number of fused-ring (bicyclic) bond motifs is 1. The summed E-state index contributed by atoms with van der Waals surface area (Å²) in [6.45, 7) is 3.68. The Balaban J connectivity index is 1.36. The zero-order valence-corrected chi connectivity index (χ0v) is 16.7. The molecule has 2 amide bonds. The van der Waals surface area contributed by atoms with Gasteiger partial charge in [0.05, 0.1) is 0 Å². The van der Waals surface area contributed by atoms with Crippen LogP contribution in [0.1, 0.15) is 76.2 Å². The third kappa shape index (κ3) is 5.57. The summed E-state index contributed by atoms with van der Waals surface area (Å²) in [6.07, 6.45) is 9.07. The van der Waals surface area contributed by atoms with Crippen molar-refractivity contribution in [3.63, 3.8) is 0 Å². The Morgan fingerprint density at radius 1 is 1.07 bits per heavy atom. The van der Waals surface area contributed by atoms with Crippen LogP contribution >= 0.6 is 0 Å². The maximum absolute atomic E-state index is 12.7. The number of benzene rings is 1. The second kappa shape index (κ2) is 9.91. The van der Waals surface area contributed by atoms with Crippen molar-refractivity contribution in [3.8, 4) is 0 Å². The molecule has 1 aliphatic heterocycles. The van der Waals surface area contributed by atoms with Crippen LogP contribution in [0.2, 0.25) is 0 Å². The van der Waals surface area contributed by atoms with Gasteiger partial charge in [-0.3, -0.25) is 9.59 Å². The minimum Gasteiger partial charge on any atom is -0.356 e. The summed E-state index contributed by atoms with van der Waals surface area (Å²) in [4.78, 5) is 26.9. The molecule has 1 N–H and O–H groups in total. The van der Waals surface area contributed by atoms with E-state index in [0.717, 1.165) is 18.9 Å². The number of carbonyl (C=O) groups excluding carboxylic acids is 2. The average Bonchev–Trinajstić information content (AvgIpc) is 2.72. The Bertz CT molecular complexity index is 614. The van der Waals surface area contributed by atoms with Crippen LogP contribution in [0.15, 0.2) is 30.3 Å². The summed E-state index contributed by atoms with van der Waals surface area (Å²) >= 11 is 0. The molecular formula is C23H34N2O2. The summed E-state index contributed by atoms with van der Waals surface area (Å²) in [7, 11) is 0. The normalized spacial score (nSPS) is 23.4. The maximum atomic E-state index is 12.7. The Labute approximate surface area is 163 Å². The molecule has 0 aromatic heterocycles. The number of piperidine rings is 1. The summed E-state index contributed by atoms with van der Waals surface area (Å²) in [5, 5.41) is 3.02. The molecule has 2 aliphatic rings. The Morgan fingerprint density at radius 3 is 2.63 bits per heavy atom. The summed E-state index contributed by atoms with van der Waals surface area (Å²) < 4.78 is 0. The molecule has 4 nitrogen and oxygen atoms in total. The van der Waals surface area contributed by atoms with Gasteiger partial charge in [-0.05, 0) is 49.5 Å². The van der Waals surface area contributed by atoms with Crippen molar-refractivity contribution in [1.29, 1.82) is 0 Å². The number of nitrogens with zero attached hydrogens (tertiary/aromatic N) is 1. The van der Waals surface area contributed by atoms with Crippen molar-refractivity contribution < 1.29 is 9.59 Å². The van der Waals surface area contributed by atoms with Gasteiger partial charge in [0.2, 0.25) is 11.8 Å². The van der Waals surface area contributed by atoms with E-state index in [1.54, 1.807) is 0 Å². The first-order chi connectivity index (χ1) is 13.1. The zero-order valence-electron chi connectivity index (χ0n) is 16.7. The van der Waals surface area contributed by atoms with Gasteiger partial charge in [0.25, 0.3) is 0 Å². The monoisotopic (exact) mass is 370 g/mol. The Morgan fingerprint density at radius 2 is 1.81 bits per heavy atom. The molecule has 0 bridgehead atoms. The number of carbonyl (C=O) groups is 2. The van der Waals surface area contributed by atoms with E-state index in [1.807, 2.05) is 18.2 Å². The van der Waals surface area contributed by atoms with Crippen molar-refractivity contribution in [3.05, 3.63) is 35.9 Å². The van der Waals surface area contributed by atoms with Gasteiger partial charge in [0.1, 0.15) is 0 Å². The topological polar surface area (TPSA) is 49.4 Å². The molecule has 1 saturated heterocycles. The minimum atomic E-state index is 0.0553. The average molecular weight is 371 g/mol. The molecule has 1 heterocycles. The third-order valence-corrected chi connectivity index (χ3v) is 6.33. The van der Waals surface area contributed by atoms with Crippen LogP contribution in [-0.4, -0.2) is 35.8 Å². The SMILES string of the molecule is CC(CNC(=O)CCCC(=O)N1CCCC2CCCCC21)c1ccccc1. The second-order valence-electron chi connectivity index (χ2n) is 8.31. The van der Waals surface area contributed by atoms with Crippen molar-refractivity contribution in [2.45, 2.75) is 76.7 Å². The van der Waals surface area contributed by atoms with E-state index in [-0.39, 0.29) is 11.8 Å². The van der Waals surface area contributed by atoms with E-state index in [1.165, 1.54) is 37.7 Å². The lowest BCUT2D eigenvalue weighted by molar-refractivity contribution is -0.137. The smallest absolute Gasteiger partial charge is 0.222 e. The number of hydrogen-bond acceptors (Lipinski definition) is 2. The Kier molecular flexibility index (Phi) is 7.31. The summed E-state index contributed by atoms with van der Waals surface area (Å²) in [5.41, 5.74) is 1.24. The maximum Gasteiger partial charge on any atom is 0.222 e. The molecule has 1 saturated carbocycles. The van der Waals surface area contributed by atoms with Crippen molar-refractivity contribution >= 4 is 11.8 Å². The van der Waals surface area contributed by atoms with Gasteiger partial charge in [0, 0.05) is 32.0 Å². The standard InChI is InChI=1S/C23H34N2O2/c1-18(19-9-3-2-4-10-19)17-24-22(26)14-7-15-23(27)25-16-8-12-20-11-5-6-13-21(20)25/h2-4,9-10,18,20-21H,5-8,11-17H2,1H3,(H,24,26). The van der Waals surface area contributed by atoms with Crippen LogP contribution in [0.4, 0.5) is 0 Å². The molecular weight excluding hydrogens is 336 g/mol. The zero-order chi connectivity index (χ0) is 19.1. The summed E-state index contributed by atoms with van der Waals surface area (Å²) in [6, 6.07) is 10.7. The van der Waals surface area contributed by atoms with E-state index in [9.17, 15) is 9.59 Å². The molecule has 2 fully saturated rings. The van der Waals surface area contributed by atoms with Crippen LogP contribution < -0.4 is 5.32 Å². The number of amides is 2. The molecule has 0 radical (unpaired) electrons. The number of likely N-dealkylation sites (tertiary alicyclic amines) is 1. The summed E-state index contributed by atoms with van der Waals surface area (Å²) in [5.74, 6) is 1.34. The largest absolute Gasteiger partial charge is 0.356 e. The minimum absolute atomic E-state index is 0.0553. The van der Waals surface area contributed by atoms with Crippen LogP contribution in [0.25, 0.3) is 0 Å². The van der Waals surface area contributed by atoms with Gasteiger partial charge in [-0.2, -0.15) is 0 Å². The van der Waals surface area contributed by atoms with Crippen molar-refractivity contribution in [2.24, 2.45) is 5.92 Å². The van der Waals surface area contributed by atoms with Gasteiger partial charge in [0.15, 0.2) is 0 Å². The molecule has 1 aromatic rings. The first-order valence-electron chi connectivity index (χ1n) is 10.8. The van der Waals surface area contributed by atoms with E-state index >= 15 is 0 Å². The van der Waals surface area contributed by atoms with E-state index < -0.39 is 0 Å². The van der Waals surface area contributed by atoms with E-state index in [0.29, 0.717) is 37.8 Å². The highest BCUT2D eigenvalue weighted by Gasteiger charge is 2.35. The molecule has 148 valence electrons. The molecule has 1 aromatic carbocycles. The van der Waals surface area contributed by atoms with Crippen molar-refractivity contribution in [1.82, 2.24) is 10.2 Å². The highest BCUT2D eigenvalue weighted by atomic mass is 16.2. The molecule has 4 heteroatoms. The van der Waals surface area contributed by atoms with Crippen molar-refractivity contribution in [2.75, 3.05) is 13.1 Å². The molecule has 3 atom stereocenters. The Hall–Kier alpha value is -1.84. The van der Waals surface area contributed by atoms with Gasteiger partial charge in [-0.1, -0.05) is 50.1 Å². The molecule has 1 aliphatic carbocycles. The lowest BCUT2D eigenvalue weighted by Gasteiger charge is -2.44. The van der Waals surface area contributed by atoms with Gasteiger partial charge >= 0.3 is 0 Å². The first kappa shape index (κ1) is 19.9. The number of nitrogens with one attached hydrogen (secondary N) is 1. The fourth-order valence-electron chi connectivity index (χ4n) is 4.73. The first-order valence-corrected chi connectivity index (χ1v) is 10.8. The number of hydrogen-bond donors (Lipinski definition) is 1. The lowest BCUT2D eigenvalue weighted by atomic mass is 9.78. The predicted octanol–water partition coefficient (Wildman–Crippen LogP) is 4.26. The second-order valence-corrected chi connectivity index (χ2v) is 8.31. The molecule has 3 unspecified atom stereocenters. The lowest BCUT2D eigenvalue weighted by Crippen LogP contribution is -2.49. The molecule has 0 spiro atoms. The highest BCUT2D eigenvalue weighted by molar-refractivity contribution is 5.79. The third-order valence-electron chi connectivity index (χ3n) is 6.33. The molecule has 27 heavy (non-hydrogen) atoms. The fourth-order valence-corrected chi connectivity index (χ4v) is 4.73. The van der Waals surface area contributed by atoms with Crippen LogP contribution in [0.5, 0.6) is 0 Å². The van der Waals surface area contributed by atoms with E-state index in [2.05, 4.69) is 29.3 Å².